The standard InChI is InChI=1S/C8H7ClO3/c1-4-2-5-8(12-3-11-5)6(9)7(4)10/h2,10H,3H2,1H3. The molecule has 1 heterocycles. The maximum absolute atomic E-state index is 9.40. The van der Waals surface area contributed by atoms with Gasteiger partial charge in [0.15, 0.2) is 11.5 Å². The van der Waals surface area contributed by atoms with E-state index in [-0.39, 0.29) is 17.6 Å². The summed E-state index contributed by atoms with van der Waals surface area (Å²) in [6.45, 7) is 1.92. The summed E-state index contributed by atoms with van der Waals surface area (Å²) in [6, 6.07) is 1.70. The number of halogens is 1. The van der Waals surface area contributed by atoms with E-state index in [9.17, 15) is 5.11 Å². The second kappa shape index (κ2) is 2.45. The molecule has 0 aromatic heterocycles. The first kappa shape index (κ1) is 7.55. The average molecular weight is 187 g/mol. The Bertz CT molecular complexity index is 336. The Balaban J connectivity index is 2.67. The molecule has 64 valence electrons. The highest BCUT2D eigenvalue weighted by Crippen LogP contribution is 2.45. The number of benzene rings is 1. The van der Waals surface area contributed by atoms with Gasteiger partial charge in [-0.1, -0.05) is 11.6 Å². The van der Waals surface area contributed by atoms with Crippen molar-refractivity contribution < 1.29 is 14.6 Å². The summed E-state index contributed by atoms with van der Waals surface area (Å²) in [6.07, 6.45) is 0. The average Bonchev–Trinajstić information content (AvgIpc) is 2.48. The minimum absolute atomic E-state index is 0.0564. The fourth-order valence-corrected chi connectivity index (χ4v) is 1.41. The van der Waals surface area contributed by atoms with Crippen LogP contribution >= 0.6 is 11.6 Å². The third-order valence-corrected chi connectivity index (χ3v) is 2.12. The molecule has 1 aliphatic heterocycles. The Hall–Kier alpha value is -1.09. The highest BCUT2D eigenvalue weighted by molar-refractivity contribution is 6.33. The van der Waals surface area contributed by atoms with Gasteiger partial charge in [0.1, 0.15) is 10.8 Å². The zero-order valence-electron chi connectivity index (χ0n) is 6.43. The molecule has 1 aromatic rings. The second-order valence-corrected chi connectivity index (χ2v) is 2.97. The number of phenols is 1. The molecule has 1 aromatic carbocycles. The number of ether oxygens (including phenoxy) is 2. The van der Waals surface area contributed by atoms with Crippen LogP contribution in [0, 0.1) is 6.92 Å². The number of aryl methyl sites for hydroxylation is 1. The Morgan fingerprint density at radius 1 is 1.50 bits per heavy atom. The third kappa shape index (κ3) is 0.898. The third-order valence-electron chi connectivity index (χ3n) is 1.77. The van der Waals surface area contributed by atoms with Gasteiger partial charge in [-0.15, -0.1) is 0 Å². The minimum atomic E-state index is 0.0564. The predicted molar refractivity (Wildman–Crippen MR) is 44.0 cm³/mol. The normalized spacial score (nSPS) is 13.5. The summed E-state index contributed by atoms with van der Waals surface area (Å²) in [7, 11) is 0. The molecule has 0 spiro atoms. The van der Waals surface area contributed by atoms with E-state index < -0.39 is 0 Å². The molecule has 4 heteroatoms. The van der Waals surface area contributed by atoms with Gasteiger partial charge in [-0.3, -0.25) is 0 Å². The van der Waals surface area contributed by atoms with E-state index in [1.165, 1.54) is 0 Å². The molecular formula is C8H7ClO3. The molecule has 0 aliphatic carbocycles. The number of aromatic hydroxyl groups is 1. The molecule has 0 bridgehead atoms. The summed E-state index contributed by atoms with van der Waals surface area (Å²) >= 11 is 5.79. The van der Waals surface area contributed by atoms with Gasteiger partial charge in [0.2, 0.25) is 6.79 Å². The van der Waals surface area contributed by atoms with E-state index in [2.05, 4.69) is 0 Å². The van der Waals surface area contributed by atoms with Crippen LogP contribution in [0.15, 0.2) is 6.07 Å². The largest absolute Gasteiger partial charge is 0.506 e. The highest BCUT2D eigenvalue weighted by Gasteiger charge is 2.21. The van der Waals surface area contributed by atoms with E-state index in [0.717, 1.165) is 0 Å². The molecule has 2 rings (SSSR count). The number of hydrogen-bond donors (Lipinski definition) is 1. The van der Waals surface area contributed by atoms with Gasteiger partial charge in [0.25, 0.3) is 0 Å². The van der Waals surface area contributed by atoms with E-state index in [1.54, 1.807) is 13.0 Å². The lowest BCUT2D eigenvalue weighted by Gasteiger charge is -2.03. The summed E-state index contributed by atoms with van der Waals surface area (Å²) < 4.78 is 10.1. The molecule has 1 N–H and O–H groups in total. The van der Waals surface area contributed by atoms with Crippen LogP contribution in [0.25, 0.3) is 0 Å². The quantitative estimate of drug-likeness (QED) is 0.674. The number of rotatable bonds is 0. The molecule has 0 saturated carbocycles. The van der Waals surface area contributed by atoms with E-state index in [1.807, 2.05) is 0 Å². The van der Waals surface area contributed by atoms with Gasteiger partial charge in [0, 0.05) is 0 Å². The minimum Gasteiger partial charge on any atom is -0.506 e. The maximum atomic E-state index is 9.40. The van der Waals surface area contributed by atoms with E-state index in [4.69, 9.17) is 21.1 Å². The van der Waals surface area contributed by atoms with Crippen LogP contribution in [0.3, 0.4) is 0 Å². The summed E-state index contributed by atoms with van der Waals surface area (Å²) in [5, 5.41) is 9.63. The van der Waals surface area contributed by atoms with Crippen LogP contribution in [0.1, 0.15) is 5.56 Å². The molecule has 0 radical (unpaired) electrons. The monoisotopic (exact) mass is 186 g/mol. The van der Waals surface area contributed by atoms with Crippen molar-refractivity contribution in [3.63, 3.8) is 0 Å². The molecule has 1 aliphatic rings. The van der Waals surface area contributed by atoms with Crippen LogP contribution in [0.2, 0.25) is 5.02 Å². The number of hydrogen-bond acceptors (Lipinski definition) is 3. The van der Waals surface area contributed by atoms with Crippen molar-refractivity contribution in [3.05, 3.63) is 16.7 Å². The van der Waals surface area contributed by atoms with Crippen molar-refractivity contribution in [2.24, 2.45) is 0 Å². The zero-order chi connectivity index (χ0) is 8.72. The predicted octanol–water partition coefficient (Wildman–Crippen LogP) is 2.08. The van der Waals surface area contributed by atoms with Crippen molar-refractivity contribution in [1.82, 2.24) is 0 Å². The van der Waals surface area contributed by atoms with Crippen LogP contribution in [-0.2, 0) is 0 Å². The molecule has 0 fully saturated rings. The van der Waals surface area contributed by atoms with Gasteiger partial charge in [0.05, 0.1) is 0 Å². The van der Waals surface area contributed by atoms with Gasteiger partial charge in [-0.05, 0) is 18.6 Å². The first-order valence-corrected chi connectivity index (χ1v) is 3.85. The molecule has 3 nitrogen and oxygen atoms in total. The Morgan fingerprint density at radius 2 is 2.25 bits per heavy atom. The molecule has 0 saturated heterocycles. The molecule has 12 heavy (non-hydrogen) atoms. The lowest BCUT2D eigenvalue weighted by molar-refractivity contribution is 0.174. The number of fused-ring (bicyclic) bond motifs is 1. The zero-order valence-corrected chi connectivity index (χ0v) is 7.18. The summed E-state index contributed by atoms with van der Waals surface area (Å²) in [5.74, 6) is 1.08. The molecule has 0 unspecified atom stereocenters. The topological polar surface area (TPSA) is 38.7 Å². The fraction of sp³-hybridized carbons (Fsp3) is 0.250. The maximum Gasteiger partial charge on any atom is 0.231 e. The van der Waals surface area contributed by atoms with Crippen molar-refractivity contribution >= 4 is 11.6 Å². The molecule has 0 amide bonds. The van der Waals surface area contributed by atoms with Crippen molar-refractivity contribution in [1.29, 1.82) is 0 Å². The highest BCUT2D eigenvalue weighted by atomic mass is 35.5. The van der Waals surface area contributed by atoms with Crippen molar-refractivity contribution in [2.75, 3.05) is 6.79 Å². The molecular weight excluding hydrogens is 180 g/mol. The lowest BCUT2D eigenvalue weighted by atomic mass is 10.2. The lowest BCUT2D eigenvalue weighted by Crippen LogP contribution is -1.93. The Morgan fingerprint density at radius 3 is 3.00 bits per heavy atom. The fourth-order valence-electron chi connectivity index (χ4n) is 1.11. The smallest absolute Gasteiger partial charge is 0.231 e. The van der Waals surface area contributed by atoms with Gasteiger partial charge in [-0.2, -0.15) is 0 Å². The van der Waals surface area contributed by atoms with Gasteiger partial charge in [-0.25, -0.2) is 0 Å². The number of phenolic OH excluding ortho intramolecular Hbond substituents is 1. The molecule has 0 atom stereocenters. The second-order valence-electron chi connectivity index (χ2n) is 2.59. The van der Waals surface area contributed by atoms with Crippen molar-refractivity contribution in [2.45, 2.75) is 6.92 Å². The SMILES string of the molecule is Cc1cc2c(c(Cl)c1O)OCO2. The van der Waals surface area contributed by atoms with Gasteiger partial charge >= 0.3 is 0 Å². The Labute approximate surface area is 74.5 Å². The van der Waals surface area contributed by atoms with Crippen molar-refractivity contribution in [3.8, 4) is 17.2 Å². The van der Waals surface area contributed by atoms with Crippen LogP contribution in [0.5, 0.6) is 17.2 Å². The van der Waals surface area contributed by atoms with Gasteiger partial charge < -0.3 is 14.6 Å². The summed E-state index contributed by atoms with van der Waals surface area (Å²) in [4.78, 5) is 0. The first-order chi connectivity index (χ1) is 5.70. The van der Waals surface area contributed by atoms with Crippen LogP contribution in [0.4, 0.5) is 0 Å². The van der Waals surface area contributed by atoms with Crippen LogP contribution in [-0.4, -0.2) is 11.9 Å². The van der Waals surface area contributed by atoms with E-state index in [0.29, 0.717) is 17.1 Å². The first-order valence-electron chi connectivity index (χ1n) is 3.48. The summed E-state index contributed by atoms with van der Waals surface area (Å²) in [5.41, 5.74) is 0.684. The Kier molecular flexibility index (Phi) is 1.54. The van der Waals surface area contributed by atoms with Crippen LogP contribution < -0.4 is 9.47 Å². The van der Waals surface area contributed by atoms with E-state index >= 15 is 0 Å².